The van der Waals surface area contributed by atoms with Gasteiger partial charge in [0.05, 0.1) is 6.10 Å². The summed E-state index contributed by atoms with van der Waals surface area (Å²) in [6.07, 6.45) is 6.21. The SMILES string of the molecule is C[C@H](CCC(=O)O)[C@H]1CC[C@H]2[C@@H]3C(=O)[C@H](O)CC[C@H](O)CC[C@H](C)[C@H]3CC[C@]12C. The second-order valence-corrected chi connectivity index (χ2v) is 10.6. The average molecular weight is 409 g/mol. The van der Waals surface area contributed by atoms with Gasteiger partial charge in [-0.3, -0.25) is 9.59 Å². The molecule has 5 nitrogen and oxygen atoms in total. The number of carboxylic acids is 1. The van der Waals surface area contributed by atoms with Gasteiger partial charge in [-0.2, -0.15) is 0 Å². The first-order valence-corrected chi connectivity index (χ1v) is 11.8. The molecular formula is C24H40O5. The summed E-state index contributed by atoms with van der Waals surface area (Å²) >= 11 is 0. The van der Waals surface area contributed by atoms with Crippen LogP contribution in [-0.4, -0.2) is 39.3 Å². The summed E-state index contributed by atoms with van der Waals surface area (Å²) in [5, 5.41) is 29.9. The van der Waals surface area contributed by atoms with E-state index in [0.29, 0.717) is 37.0 Å². The fourth-order valence-electron chi connectivity index (χ4n) is 7.27. The quantitative estimate of drug-likeness (QED) is 0.652. The Morgan fingerprint density at radius 2 is 1.79 bits per heavy atom. The molecule has 0 aromatic carbocycles. The molecule has 9 atom stereocenters. The Kier molecular flexibility index (Phi) is 7.10. The zero-order valence-electron chi connectivity index (χ0n) is 18.3. The Labute approximate surface area is 175 Å². The highest BCUT2D eigenvalue weighted by Gasteiger charge is 2.57. The number of Topliss-reactive ketones (excluding diaryl/α,β-unsaturated/α-hetero) is 1. The van der Waals surface area contributed by atoms with Crippen molar-refractivity contribution in [3.05, 3.63) is 0 Å². The Morgan fingerprint density at radius 1 is 1.10 bits per heavy atom. The second kappa shape index (κ2) is 9.05. The number of aliphatic carboxylic acids is 1. The normalized spacial score (nSPS) is 44.6. The van der Waals surface area contributed by atoms with Crippen LogP contribution in [0.15, 0.2) is 0 Å². The lowest BCUT2D eigenvalue weighted by Crippen LogP contribution is -2.50. The standard InChI is InChI=1S/C24H40O5/c1-14-4-6-16(25)7-10-20(26)23(29)22-17(14)12-13-24(3)18(8-9-19(22)24)15(2)5-11-21(27)28/h14-20,22,25-26H,4-13H2,1-3H3,(H,27,28)/t14-,15+,16+,17+,18+,19-,20+,22+,24+/m0/s1. The first-order chi connectivity index (χ1) is 13.6. The van der Waals surface area contributed by atoms with Crippen LogP contribution in [0.5, 0.6) is 0 Å². The fourth-order valence-corrected chi connectivity index (χ4v) is 7.27. The van der Waals surface area contributed by atoms with Gasteiger partial charge in [0.1, 0.15) is 6.10 Å². The molecule has 5 heteroatoms. The molecule has 29 heavy (non-hydrogen) atoms. The van der Waals surface area contributed by atoms with E-state index in [9.17, 15) is 19.8 Å². The molecule has 0 amide bonds. The number of aliphatic hydroxyl groups excluding tert-OH is 2. The predicted molar refractivity (Wildman–Crippen MR) is 111 cm³/mol. The number of aliphatic hydroxyl groups is 2. The Hall–Kier alpha value is -0.940. The number of rotatable bonds is 4. The van der Waals surface area contributed by atoms with E-state index in [1.807, 2.05) is 0 Å². The third kappa shape index (κ3) is 4.56. The largest absolute Gasteiger partial charge is 0.481 e. The molecule has 3 aliphatic rings. The number of carbonyl (C=O) groups excluding carboxylic acids is 1. The summed E-state index contributed by atoms with van der Waals surface area (Å²) in [5.74, 6) is 0.909. The first kappa shape index (κ1) is 22.7. The molecule has 0 spiro atoms. The van der Waals surface area contributed by atoms with Crippen molar-refractivity contribution in [2.75, 3.05) is 0 Å². The van der Waals surface area contributed by atoms with Crippen LogP contribution in [0.25, 0.3) is 0 Å². The van der Waals surface area contributed by atoms with Crippen molar-refractivity contribution in [3.8, 4) is 0 Å². The Balaban J connectivity index is 1.84. The third-order valence-electron chi connectivity index (χ3n) is 9.01. The van der Waals surface area contributed by atoms with Gasteiger partial charge in [0.15, 0.2) is 5.78 Å². The number of hydrogen-bond acceptors (Lipinski definition) is 4. The van der Waals surface area contributed by atoms with E-state index in [2.05, 4.69) is 20.8 Å². The van der Waals surface area contributed by atoms with Crippen molar-refractivity contribution < 1.29 is 24.9 Å². The van der Waals surface area contributed by atoms with Crippen molar-refractivity contribution >= 4 is 11.8 Å². The van der Waals surface area contributed by atoms with E-state index in [1.54, 1.807) is 0 Å². The molecule has 0 unspecified atom stereocenters. The van der Waals surface area contributed by atoms with Gasteiger partial charge in [-0.25, -0.2) is 0 Å². The predicted octanol–water partition coefficient (Wildman–Crippen LogP) is 4.05. The molecular weight excluding hydrogens is 368 g/mol. The third-order valence-corrected chi connectivity index (χ3v) is 9.01. The van der Waals surface area contributed by atoms with E-state index in [-0.39, 0.29) is 35.4 Å². The van der Waals surface area contributed by atoms with Gasteiger partial charge in [-0.1, -0.05) is 20.8 Å². The summed E-state index contributed by atoms with van der Waals surface area (Å²) in [5.41, 5.74) is 0.0534. The van der Waals surface area contributed by atoms with Crippen molar-refractivity contribution in [1.29, 1.82) is 0 Å². The fraction of sp³-hybridized carbons (Fsp3) is 0.917. The summed E-state index contributed by atoms with van der Waals surface area (Å²) in [7, 11) is 0. The van der Waals surface area contributed by atoms with Crippen molar-refractivity contribution in [1.82, 2.24) is 0 Å². The number of hydrogen-bond donors (Lipinski definition) is 3. The van der Waals surface area contributed by atoms with Crippen LogP contribution in [0.1, 0.15) is 85.0 Å². The molecule has 0 heterocycles. The zero-order valence-corrected chi connectivity index (χ0v) is 18.3. The van der Waals surface area contributed by atoms with Crippen molar-refractivity contribution in [3.63, 3.8) is 0 Å². The molecule has 3 fully saturated rings. The monoisotopic (exact) mass is 408 g/mol. The van der Waals surface area contributed by atoms with Gasteiger partial charge < -0.3 is 15.3 Å². The average Bonchev–Trinajstić information content (AvgIpc) is 3.03. The summed E-state index contributed by atoms with van der Waals surface area (Å²) in [6.45, 7) is 6.73. The molecule has 166 valence electrons. The van der Waals surface area contributed by atoms with Crippen LogP contribution < -0.4 is 0 Å². The lowest BCUT2D eigenvalue weighted by molar-refractivity contribution is -0.144. The van der Waals surface area contributed by atoms with Crippen LogP contribution in [-0.2, 0) is 9.59 Å². The van der Waals surface area contributed by atoms with E-state index in [1.165, 1.54) is 0 Å². The van der Waals surface area contributed by atoms with E-state index < -0.39 is 18.2 Å². The number of carbonyl (C=O) groups is 2. The Bertz CT molecular complexity index is 604. The molecule has 3 saturated carbocycles. The first-order valence-electron chi connectivity index (χ1n) is 11.8. The molecule has 0 aliphatic heterocycles. The second-order valence-electron chi connectivity index (χ2n) is 10.6. The van der Waals surface area contributed by atoms with Crippen LogP contribution in [0, 0.1) is 40.9 Å². The van der Waals surface area contributed by atoms with Crippen LogP contribution in [0.2, 0.25) is 0 Å². The molecule has 0 aromatic heterocycles. The van der Waals surface area contributed by atoms with Gasteiger partial charge in [0.25, 0.3) is 0 Å². The van der Waals surface area contributed by atoms with E-state index in [0.717, 1.165) is 38.5 Å². The molecule has 0 radical (unpaired) electrons. The van der Waals surface area contributed by atoms with Crippen molar-refractivity contribution in [2.45, 2.75) is 97.2 Å². The van der Waals surface area contributed by atoms with Crippen molar-refractivity contribution in [2.24, 2.45) is 40.9 Å². The minimum atomic E-state index is -0.965. The molecule has 3 N–H and O–H groups in total. The summed E-state index contributed by atoms with van der Waals surface area (Å²) < 4.78 is 0. The van der Waals surface area contributed by atoms with Gasteiger partial charge in [-0.05, 0) is 92.8 Å². The van der Waals surface area contributed by atoms with E-state index in [4.69, 9.17) is 5.11 Å². The molecule has 0 aromatic rings. The maximum absolute atomic E-state index is 13.4. The van der Waals surface area contributed by atoms with Gasteiger partial charge >= 0.3 is 5.97 Å². The number of fused-ring (bicyclic) bond motifs is 3. The lowest BCUT2D eigenvalue weighted by Gasteiger charge is -2.51. The smallest absolute Gasteiger partial charge is 0.303 e. The number of ketones is 1. The Morgan fingerprint density at radius 3 is 2.48 bits per heavy atom. The highest BCUT2D eigenvalue weighted by Crippen LogP contribution is 2.62. The van der Waals surface area contributed by atoms with Crippen LogP contribution >= 0.6 is 0 Å². The summed E-state index contributed by atoms with van der Waals surface area (Å²) in [6, 6.07) is 0. The van der Waals surface area contributed by atoms with Crippen LogP contribution in [0.3, 0.4) is 0 Å². The highest BCUT2D eigenvalue weighted by molar-refractivity contribution is 5.86. The molecule has 0 saturated heterocycles. The lowest BCUT2D eigenvalue weighted by atomic mass is 9.53. The van der Waals surface area contributed by atoms with Gasteiger partial charge in [0, 0.05) is 12.3 Å². The summed E-state index contributed by atoms with van der Waals surface area (Å²) in [4.78, 5) is 24.5. The molecule has 3 aliphatic carbocycles. The topological polar surface area (TPSA) is 94.8 Å². The maximum atomic E-state index is 13.4. The van der Waals surface area contributed by atoms with Crippen LogP contribution in [0.4, 0.5) is 0 Å². The van der Waals surface area contributed by atoms with E-state index >= 15 is 0 Å². The minimum absolute atomic E-state index is 0.00529. The maximum Gasteiger partial charge on any atom is 0.303 e. The molecule has 0 bridgehead atoms. The zero-order chi connectivity index (χ0) is 21.3. The highest BCUT2D eigenvalue weighted by atomic mass is 16.4. The minimum Gasteiger partial charge on any atom is -0.481 e. The van der Waals surface area contributed by atoms with Gasteiger partial charge in [0.2, 0.25) is 0 Å². The van der Waals surface area contributed by atoms with Gasteiger partial charge in [-0.15, -0.1) is 0 Å². The molecule has 3 rings (SSSR count). The number of carboxylic acid groups (broad SMARTS) is 1.